The van der Waals surface area contributed by atoms with Gasteiger partial charge in [0.25, 0.3) is 0 Å². The van der Waals surface area contributed by atoms with Crippen molar-refractivity contribution in [2.45, 2.75) is 38.1 Å². The highest BCUT2D eigenvalue weighted by molar-refractivity contribution is 7.89. The highest BCUT2D eigenvalue weighted by Crippen LogP contribution is 2.30. The van der Waals surface area contributed by atoms with E-state index in [4.69, 9.17) is 9.97 Å². The summed E-state index contributed by atoms with van der Waals surface area (Å²) in [5.74, 6) is 2.12. The molecule has 0 aliphatic carbocycles. The zero-order valence-corrected chi connectivity index (χ0v) is 18.7. The van der Waals surface area contributed by atoms with Gasteiger partial charge in [-0.1, -0.05) is 30.3 Å². The number of benzene rings is 1. The van der Waals surface area contributed by atoms with Crippen LogP contribution < -0.4 is 5.32 Å². The summed E-state index contributed by atoms with van der Waals surface area (Å²) in [4.78, 5) is 12.0. The number of sulfonamides is 1. The Labute approximate surface area is 179 Å². The fourth-order valence-electron chi connectivity index (χ4n) is 4.43. The normalized spacial score (nSPS) is 20.7. The van der Waals surface area contributed by atoms with E-state index in [1.54, 1.807) is 4.31 Å². The molecule has 1 N–H and O–H groups in total. The van der Waals surface area contributed by atoms with Gasteiger partial charge in [0.15, 0.2) is 0 Å². The summed E-state index contributed by atoms with van der Waals surface area (Å²) in [5.41, 5.74) is 2.95. The van der Waals surface area contributed by atoms with Crippen molar-refractivity contribution in [1.29, 1.82) is 0 Å². The molecule has 2 aliphatic heterocycles. The molecular weight excluding hydrogens is 398 g/mol. The van der Waals surface area contributed by atoms with Gasteiger partial charge in [0, 0.05) is 44.6 Å². The Morgan fingerprint density at radius 3 is 2.70 bits per heavy atom. The SMILES string of the molecule is CNc1nc([C@H]2CCCN(C)C2)nc2c1CN(S(=O)(=O)CCc1ccccc1)CC2. The number of aromatic nitrogens is 2. The lowest BCUT2D eigenvalue weighted by atomic mass is 9.97. The molecule has 1 atom stereocenters. The summed E-state index contributed by atoms with van der Waals surface area (Å²) >= 11 is 0. The Morgan fingerprint density at radius 1 is 1.17 bits per heavy atom. The molecule has 1 saturated heterocycles. The van der Waals surface area contributed by atoms with Gasteiger partial charge in [0.1, 0.15) is 11.6 Å². The second-order valence-electron chi connectivity index (χ2n) is 8.34. The first kappa shape index (κ1) is 21.2. The molecule has 1 aromatic carbocycles. The second kappa shape index (κ2) is 8.99. The first-order chi connectivity index (χ1) is 14.5. The van der Waals surface area contributed by atoms with E-state index in [0.717, 1.165) is 54.4 Å². The van der Waals surface area contributed by atoms with Crippen LogP contribution in [0.5, 0.6) is 0 Å². The standard InChI is InChI=1S/C22H31N5O2S/c1-23-22-19-16-27(30(28,29)14-11-17-7-4-3-5-8-17)13-10-20(19)24-21(25-22)18-9-6-12-26(2)15-18/h3-5,7-8,18H,6,9-16H2,1-2H3,(H,23,24,25)/t18-/m0/s1. The summed E-state index contributed by atoms with van der Waals surface area (Å²) in [6, 6.07) is 9.77. The number of nitrogens with zero attached hydrogens (tertiary/aromatic N) is 4. The lowest BCUT2D eigenvalue weighted by Gasteiger charge is -2.32. The molecule has 2 aliphatic rings. The average molecular weight is 430 g/mol. The van der Waals surface area contributed by atoms with Crippen molar-refractivity contribution in [1.82, 2.24) is 19.2 Å². The molecule has 1 aromatic heterocycles. The maximum absolute atomic E-state index is 13.0. The van der Waals surface area contributed by atoms with Crippen molar-refractivity contribution < 1.29 is 8.42 Å². The number of fused-ring (bicyclic) bond motifs is 1. The van der Waals surface area contributed by atoms with Crippen LogP contribution in [-0.2, 0) is 29.4 Å². The van der Waals surface area contributed by atoms with Crippen molar-refractivity contribution in [3.63, 3.8) is 0 Å². The van der Waals surface area contributed by atoms with Gasteiger partial charge in [-0.25, -0.2) is 18.4 Å². The highest BCUT2D eigenvalue weighted by Gasteiger charge is 2.31. The average Bonchev–Trinajstić information content (AvgIpc) is 2.77. The summed E-state index contributed by atoms with van der Waals surface area (Å²) < 4.78 is 27.5. The minimum absolute atomic E-state index is 0.120. The Kier molecular flexibility index (Phi) is 6.36. The van der Waals surface area contributed by atoms with Crippen molar-refractivity contribution in [3.05, 3.63) is 53.0 Å². The number of anilines is 1. The lowest BCUT2D eigenvalue weighted by molar-refractivity contribution is 0.245. The van der Waals surface area contributed by atoms with Crippen LogP contribution in [0.25, 0.3) is 0 Å². The molecule has 0 radical (unpaired) electrons. The first-order valence-electron chi connectivity index (χ1n) is 10.7. The molecule has 162 valence electrons. The second-order valence-corrected chi connectivity index (χ2v) is 10.4. The van der Waals surface area contributed by atoms with E-state index in [1.807, 2.05) is 37.4 Å². The van der Waals surface area contributed by atoms with Crippen LogP contribution in [0, 0.1) is 0 Å². The maximum Gasteiger partial charge on any atom is 0.214 e. The van der Waals surface area contributed by atoms with E-state index in [0.29, 0.717) is 31.8 Å². The van der Waals surface area contributed by atoms with Gasteiger partial charge < -0.3 is 10.2 Å². The van der Waals surface area contributed by atoms with Crippen LogP contribution in [-0.4, -0.2) is 67.1 Å². The number of hydrogen-bond acceptors (Lipinski definition) is 6. The zero-order chi connectivity index (χ0) is 21.1. The van der Waals surface area contributed by atoms with Crippen LogP contribution in [0.3, 0.4) is 0 Å². The number of nitrogens with one attached hydrogen (secondary N) is 1. The number of hydrogen-bond donors (Lipinski definition) is 1. The molecule has 0 unspecified atom stereocenters. The molecule has 0 bridgehead atoms. The Hall–Kier alpha value is -2.03. The van der Waals surface area contributed by atoms with Crippen LogP contribution in [0.4, 0.5) is 5.82 Å². The third-order valence-electron chi connectivity index (χ3n) is 6.15. The minimum atomic E-state index is -3.34. The number of piperidine rings is 1. The molecule has 0 spiro atoms. The Bertz CT molecular complexity index is 963. The van der Waals surface area contributed by atoms with Crippen molar-refractivity contribution >= 4 is 15.8 Å². The van der Waals surface area contributed by atoms with E-state index in [1.165, 1.54) is 0 Å². The van der Waals surface area contributed by atoms with Crippen molar-refractivity contribution in [2.75, 3.05) is 44.8 Å². The van der Waals surface area contributed by atoms with E-state index >= 15 is 0 Å². The molecule has 0 amide bonds. The van der Waals surface area contributed by atoms with E-state index in [9.17, 15) is 8.42 Å². The molecule has 4 rings (SSSR count). The predicted octanol–water partition coefficient (Wildman–Crippen LogP) is 2.26. The van der Waals surface area contributed by atoms with Gasteiger partial charge in [-0.05, 0) is 38.4 Å². The largest absolute Gasteiger partial charge is 0.373 e. The summed E-state index contributed by atoms with van der Waals surface area (Å²) in [5, 5.41) is 3.19. The number of likely N-dealkylation sites (tertiary alicyclic amines) is 1. The summed E-state index contributed by atoms with van der Waals surface area (Å²) in [7, 11) is 0.646. The summed E-state index contributed by atoms with van der Waals surface area (Å²) in [6.07, 6.45) is 3.42. The molecule has 8 heteroatoms. The monoisotopic (exact) mass is 429 g/mol. The fourth-order valence-corrected chi connectivity index (χ4v) is 5.88. The van der Waals surface area contributed by atoms with Crippen LogP contribution in [0.15, 0.2) is 30.3 Å². The topological polar surface area (TPSA) is 78.4 Å². The maximum atomic E-state index is 13.0. The third kappa shape index (κ3) is 4.66. The molecular formula is C22H31N5O2S. The smallest absolute Gasteiger partial charge is 0.214 e. The van der Waals surface area contributed by atoms with Crippen LogP contribution >= 0.6 is 0 Å². The summed E-state index contributed by atoms with van der Waals surface area (Å²) in [6.45, 7) is 2.92. The zero-order valence-electron chi connectivity index (χ0n) is 17.8. The van der Waals surface area contributed by atoms with Crippen molar-refractivity contribution in [3.8, 4) is 0 Å². The first-order valence-corrected chi connectivity index (χ1v) is 12.3. The van der Waals surface area contributed by atoms with Gasteiger partial charge in [0.05, 0.1) is 11.4 Å². The lowest BCUT2D eigenvalue weighted by Crippen LogP contribution is -2.39. The third-order valence-corrected chi connectivity index (χ3v) is 7.97. The highest BCUT2D eigenvalue weighted by atomic mass is 32.2. The predicted molar refractivity (Wildman–Crippen MR) is 119 cm³/mol. The van der Waals surface area contributed by atoms with E-state index in [2.05, 4.69) is 17.3 Å². The Morgan fingerprint density at radius 2 is 1.97 bits per heavy atom. The number of likely N-dealkylation sites (N-methyl/N-ethyl adjacent to an activating group) is 1. The van der Waals surface area contributed by atoms with Gasteiger partial charge in [-0.2, -0.15) is 4.31 Å². The van der Waals surface area contributed by atoms with Crippen LogP contribution in [0.2, 0.25) is 0 Å². The molecule has 2 aromatic rings. The van der Waals surface area contributed by atoms with Crippen LogP contribution in [0.1, 0.15) is 41.4 Å². The van der Waals surface area contributed by atoms with E-state index in [-0.39, 0.29) is 5.75 Å². The van der Waals surface area contributed by atoms with Gasteiger partial charge in [-0.15, -0.1) is 0 Å². The van der Waals surface area contributed by atoms with Crippen molar-refractivity contribution in [2.24, 2.45) is 0 Å². The number of aryl methyl sites for hydroxylation is 1. The van der Waals surface area contributed by atoms with Gasteiger partial charge >= 0.3 is 0 Å². The molecule has 1 fully saturated rings. The van der Waals surface area contributed by atoms with Gasteiger partial charge in [0.2, 0.25) is 10.0 Å². The molecule has 30 heavy (non-hydrogen) atoms. The quantitative estimate of drug-likeness (QED) is 0.759. The Balaban J connectivity index is 1.51. The molecule has 7 nitrogen and oxygen atoms in total. The number of rotatable bonds is 6. The van der Waals surface area contributed by atoms with E-state index < -0.39 is 10.0 Å². The minimum Gasteiger partial charge on any atom is -0.373 e. The molecule has 3 heterocycles. The fraction of sp³-hybridized carbons (Fsp3) is 0.545. The molecule has 0 saturated carbocycles. The van der Waals surface area contributed by atoms with Gasteiger partial charge in [-0.3, -0.25) is 0 Å².